The Hall–Kier alpha value is 1.16. The molecule has 5 heavy (non-hydrogen) atoms. The minimum Gasteiger partial charge on any atom is -0.136 e. The van der Waals surface area contributed by atoms with E-state index in [2.05, 4.69) is 9.69 Å². The number of azide groups is 1. The first-order chi connectivity index (χ1) is 1.91. The summed E-state index contributed by atoms with van der Waals surface area (Å²) >= 11 is 0. The van der Waals surface area contributed by atoms with Gasteiger partial charge >= 0.3 is 51.4 Å². The van der Waals surface area contributed by atoms with Gasteiger partial charge in [0, 0.05) is 0 Å². The average molecular weight is 113 g/mol. The van der Waals surface area contributed by atoms with Gasteiger partial charge in [-0.25, -0.2) is 0 Å². The molecular weight excluding hydrogens is 109 g/mol. The van der Waals surface area contributed by atoms with Gasteiger partial charge in [0.15, 0.2) is 0 Å². The van der Waals surface area contributed by atoms with Crippen LogP contribution < -0.4 is 0 Å². The first-order valence-corrected chi connectivity index (χ1v) is 1.74. The van der Waals surface area contributed by atoms with Crippen molar-refractivity contribution in [2.45, 2.75) is 0 Å². The van der Waals surface area contributed by atoms with Crippen LogP contribution >= 0.6 is 0 Å². The van der Waals surface area contributed by atoms with Gasteiger partial charge in [-0.15, -0.1) is 4.78 Å². The van der Waals surface area contributed by atoms with Crippen LogP contribution in [0.2, 0.25) is 0 Å². The Morgan fingerprint density at radius 1 is 1.80 bits per heavy atom. The van der Waals surface area contributed by atoms with Gasteiger partial charge in [0.05, 0.1) is 0 Å². The standard InChI is InChI=1S/K.H3N3Si.H/c;1-2-3-4;/h;4H3;. The zero-order chi connectivity index (χ0) is 3.41. The van der Waals surface area contributed by atoms with E-state index >= 15 is 0 Å². The molecule has 0 aromatic heterocycles. The SMILES string of the molecule is [KH].[N-]=[N+]=N[SiH3]. The van der Waals surface area contributed by atoms with Gasteiger partial charge in [0.2, 0.25) is 0 Å². The predicted molar refractivity (Wildman–Crippen MR) is 26.2 cm³/mol. The summed E-state index contributed by atoms with van der Waals surface area (Å²) in [5, 5.41) is 0. The molecule has 3 nitrogen and oxygen atoms in total. The third-order valence-corrected chi connectivity index (χ3v) is 0.268. The van der Waals surface area contributed by atoms with Crippen LogP contribution in [0.3, 0.4) is 0 Å². The number of hydrogen-bond donors (Lipinski definition) is 0. The fourth-order valence-corrected chi connectivity index (χ4v) is 0. The monoisotopic (exact) mass is 113 g/mol. The number of rotatable bonds is 0. The van der Waals surface area contributed by atoms with Gasteiger partial charge in [-0.2, -0.15) is 0 Å². The predicted octanol–water partition coefficient (Wildman–Crippen LogP) is -1.07. The molecule has 0 aromatic carbocycles. The van der Waals surface area contributed by atoms with Crippen molar-refractivity contribution in [2.75, 3.05) is 0 Å². The van der Waals surface area contributed by atoms with Gasteiger partial charge in [-0.3, -0.25) is 0 Å². The second-order valence-corrected chi connectivity index (χ2v) is 0.689. The number of nitrogens with zero attached hydrogens (tertiary/aromatic N) is 3. The maximum absolute atomic E-state index is 7.37. The average Bonchev–Trinajstić information content (AvgIpc) is 1.37. The van der Waals surface area contributed by atoms with Crippen LogP contribution in [0, 0.1) is 0 Å². The van der Waals surface area contributed by atoms with Gasteiger partial charge < -0.3 is 0 Å². The normalized spacial score (nSPS) is 4.00. The molecule has 0 spiro atoms. The van der Waals surface area contributed by atoms with E-state index < -0.39 is 0 Å². The molecular formula is H4KN3Si. The molecule has 0 N–H and O–H groups in total. The van der Waals surface area contributed by atoms with Crippen molar-refractivity contribution in [3.05, 3.63) is 10.4 Å². The molecule has 0 aliphatic carbocycles. The van der Waals surface area contributed by atoms with Gasteiger partial charge in [0.1, 0.15) is 10.4 Å². The summed E-state index contributed by atoms with van der Waals surface area (Å²) in [5.74, 6) is 0. The van der Waals surface area contributed by atoms with Crippen LogP contribution in [-0.4, -0.2) is 61.8 Å². The largest absolute Gasteiger partial charge is 0.136 e. The molecule has 24 valence electrons. The first-order valence-electron chi connectivity index (χ1n) is 0.847. The van der Waals surface area contributed by atoms with E-state index in [1.807, 2.05) is 0 Å². The van der Waals surface area contributed by atoms with Crippen LogP contribution in [0.5, 0.6) is 0 Å². The van der Waals surface area contributed by atoms with E-state index in [0.29, 0.717) is 10.4 Å². The Kier molecular flexibility index (Phi) is 17.0. The molecule has 0 saturated heterocycles. The number of hydrogen-bond acceptors (Lipinski definition) is 1. The first kappa shape index (κ1) is 9.48. The van der Waals surface area contributed by atoms with E-state index in [9.17, 15) is 0 Å². The van der Waals surface area contributed by atoms with Crippen molar-refractivity contribution < 1.29 is 0 Å². The zero-order valence-corrected chi connectivity index (χ0v) is 4.34. The van der Waals surface area contributed by atoms with Crippen LogP contribution in [-0.2, 0) is 0 Å². The Balaban J connectivity index is 0. The molecule has 0 unspecified atom stereocenters. The third kappa shape index (κ3) is 11.0. The third-order valence-electron chi connectivity index (χ3n) is 0.0894. The van der Waals surface area contributed by atoms with E-state index in [4.69, 9.17) is 5.53 Å². The van der Waals surface area contributed by atoms with Crippen molar-refractivity contribution in [1.29, 1.82) is 0 Å². The topological polar surface area (TPSA) is 48.8 Å². The minimum atomic E-state index is 0. The van der Waals surface area contributed by atoms with Crippen molar-refractivity contribution in [2.24, 2.45) is 4.78 Å². The quantitative estimate of drug-likeness (QED) is 0.166. The fourth-order valence-electron chi connectivity index (χ4n) is 0. The summed E-state index contributed by atoms with van der Waals surface area (Å²) in [6.45, 7) is 0. The molecule has 0 aliphatic heterocycles. The summed E-state index contributed by atoms with van der Waals surface area (Å²) in [6.07, 6.45) is 0. The molecule has 0 heterocycles. The van der Waals surface area contributed by atoms with E-state index in [1.165, 1.54) is 0 Å². The van der Waals surface area contributed by atoms with Gasteiger partial charge in [-0.05, 0) is 10.4 Å². The summed E-state index contributed by atoms with van der Waals surface area (Å²) in [6, 6.07) is 0. The summed E-state index contributed by atoms with van der Waals surface area (Å²) < 4.78 is 3.06. The summed E-state index contributed by atoms with van der Waals surface area (Å²) in [7, 11) is 0.598. The second kappa shape index (κ2) is 8.94. The Morgan fingerprint density at radius 3 is 2.00 bits per heavy atom. The zero-order valence-electron chi connectivity index (χ0n) is 2.34. The van der Waals surface area contributed by atoms with Crippen molar-refractivity contribution >= 4 is 61.8 Å². The molecule has 5 heteroatoms. The Bertz CT molecular complexity index is 44.9. The molecule has 0 fully saturated rings. The maximum Gasteiger partial charge on any atom is 0.107 e. The van der Waals surface area contributed by atoms with E-state index in [1.54, 1.807) is 0 Å². The summed E-state index contributed by atoms with van der Waals surface area (Å²) in [4.78, 5) is 2.42. The molecule has 0 rings (SSSR count). The van der Waals surface area contributed by atoms with Crippen LogP contribution in [0.15, 0.2) is 4.78 Å². The molecule has 0 atom stereocenters. The summed E-state index contributed by atoms with van der Waals surface area (Å²) in [5.41, 5.74) is 7.37. The van der Waals surface area contributed by atoms with Crippen molar-refractivity contribution in [3.8, 4) is 0 Å². The molecule has 0 aromatic rings. The second-order valence-electron chi connectivity index (χ2n) is 0.289. The smallest absolute Gasteiger partial charge is 0.107 e. The molecule has 0 radical (unpaired) electrons. The van der Waals surface area contributed by atoms with Crippen LogP contribution in [0.25, 0.3) is 10.4 Å². The van der Waals surface area contributed by atoms with E-state index in [0.717, 1.165) is 0 Å². The van der Waals surface area contributed by atoms with Gasteiger partial charge in [-0.1, -0.05) is 0 Å². The van der Waals surface area contributed by atoms with Gasteiger partial charge in [0.25, 0.3) is 0 Å². The molecule has 0 bridgehead atoms. The Labute approximate surface area is 75.7 Å². The maximum atomic E-state index is 7.37. The van der Waals surface area contributed by atoms with Crippen LogP contribution in [0.1, 0.15) is 0 Å². The van der Waals surface area contributed by atoms with Crippen molar-refractivity contribution in [1.82, 2.24) is 0 Å². The molecule has 0 amide bonds. The molecule has 0 saturated carbocycles. The minimum absolute atomic E-state index is 0. The fraction of sp³-hybridized carbons (Fsp3) is 0. The Morgan fingerprint density at radius 2 is 2.00 bits per heavy atom. The van der Waals surface area contributed by atoms with E-state index in [-0.39, 0.29) is 51.4 Å². The van der Waals surface area contributed by atoms with Crippen LogP contribution in [0.4, 0.5) is 0 Å². The molecule has 0 aliphatic rings. The van der Waals surface area contributed by atoms with Crippen molar-refractivity contribution in [3.63, 3.8) is 0 Å².